The van der Waals surface area contributed by atoms with Crippen LogP contribution in [0.25, 0.3) is 10.9 Å². The molecule has 7 heteroatoms. The van der Waals surface area contributed by atoms with E-state index in [4.69, 9.17) is 9.72 Å². The molecule has 0 saturated carbocycles. The predicted molar refractivity (Wildman–Crippen MR) is 148 cm³/mol. The Balaban J connectivity index is 1.57. The Bertz CT molecular complexity index is 1590. The topological polar surface area (TPSA) is 73.2 Å². The van der Waals surface area contributed by atoms with Crippen LogP contribution in [0.2, 0.25) is 0 Å². The lowest BCUT2D eigenvalue weighted by atomic mass is 10.1. The van der Waals surface area contributed by atoms with Crippen LogP contribution in [0.15, 0.2) is 119 Å². The summed E-state index contributed by atoms with van der Waals surface area (Å²) in [4.78, 5) is 32.1. The van der Waals surface area contributed by atoms with E-state index in [1.807, 2.05) is 97.1 Å². The maximum absolute atomic E-state index is 13.6. The minimum Gasteiger partial charge on any atom is -0.497 e. The highest BCUT2D eigenvalue weighted by molar-refractivity contribution is 8.00. The number of ether oxygens (including phenoxy) is 1. The number of anilines is 1. The van der Waals surface area contributed by atoms with E-state index in [0.717, 1.165) is 11.1 Å². The second-order valence-electron chi connectivity index (χ2n) is 8.42. The fraction of sp³-hybridized carbons (Fsp3) is 0.100. The highest BCUT2D eigenvalue weighted by Crippen LogP contribution is 2.36. The summed E-state index contributed by atoms with van der Waals surface area (Å²) in [6.07, 6.45) is 0. The van der Waals surface area contributed by atoms with Gasteiger partial charge in [-0.15, -0.1) is 0 Å². The van der Waals surface area contributed by atoms with Gasteiger partial charge in [0.2, 0.25) is 5.91 Å². The molecule has 1 aromatic heterocycles. The molecule has 184 valence electrons. The third kappa shape index (κ3) is 5.57. The van der Waals surface area contributed by atoms with Gasteiger partial charge in [0, 0.05) is 11.8 Å². The van der Waals surface area contributed by atoms with Crippen molar-refractivity contribution in [2.45, 2.75) is 17.0 Å². The molecule has 6 nitrogen and oxygen atoms in total. The van der Waals surface area contributed by atoms with E-state index in [2.05, 4.69) is 5.32 Å². The fourth-order valence-electron chi connectivity index (χ4n) is 4.06. The predicted octanol–water partition coefficient (Wildman–Crippen LogP) is 5.93. The highest BCUT2D eigenvalue weighted by atomic mass is 32.2. The van der Waals surface area contributed by atoms with E-state index in [1.165, 1.54) is 11.8 Å². The minimum atomic E-state index is -0.650. The maximum Gasteiger partial charge on any atom is 0.262 e. The highest BCUT2D eigenvalue weighted by Gasteiger charge is 2.25. The Kier molecular flexibility index (Phi) is 7.33. The van der Waals surface area contributed by atoms with Crippen molar-refractivity contribution in [2.24, 2.45) is 0 Å². The van der Waals surface area contributed by atoms with Gasteiger partial charge in [0.25, 0.3) is 5.56 Å². The first-order valence-corrected chi connectivity index (χ1v) is 12.7. The van der Waals surface area contributed by atoms with E-state index >= 15 is 0 Å². The average Bonchev–Trinajstić information content (AvgIpc) is 2.94. The zero-order chi connectivity index (χ0) is 25.6. The molecular weight excluding hydrogens is 482 g/mol. The number of rotatable bonds is 8. The summed E-state index contributed by atoms with van der Waals surface area (Å²) in [6, 6.07) is 33.8. The molecule has 0 spiro atoms. The minimum absolute atomic E-state index is 0.142. The fourth-order valence-corrected chi connectivity index (χ4v) is 5.15. The third-order valence-corrected chi connectivity index (χ3v) is 7.16. The zero-order valence-electron chi connectivity index (χ0n) is 20.2. The Morgan fingerprint density at radius 1 is 0.919 bits per heavy atom. The van der Waals surface area contributed by atoms with Gasteiger partial charge in [-0.05, 0) is 35.4 Å². The summed E-state index contributed by atoms with van der Waals surface area (Å²) in [5.74, 6) is 0.424. The van der Waals surface area contributed by atoms with Crippen molar-refractivity contribution in [3.8, 4) is 5.75 Å². The monoisotopic (exact) mass is 507 g/mol. The first-order valence-electron chi connectivity index (χ1n) is 11.8. The van der Waals surface area contributed by atoms with Crippen molar-refractivity contribution in [1.29, 1.82) is 0 Å². The third-order valence-electron chi connectivity index (χ3n) is 5.91. The molecule has 0 saturated heterocycles. The number of amides is 1. The van der Waals surface area contributed by atoms with Crippen LogP contribution >= 0.6 is 11.8 Å². The number of hydrogen-bond acceptors (Lipinski definition) is 5. The largest absolute Gasteiger partial charge is 0.497 e. The van der Waals surface area contributed by atoms with Crippen LogP contribution in [-0.2, 0) is 11.3 Å². The number of thioether (sulfide) groups is 1. The molecule has 0 aliphatic carbocycles. The van der Waals surface area contributed by atoms with Gasteiger partial charge in [0.05, 0.1) is 24.6 Å². The molecule has 1 atom stereocenters. The van der Waals surface area contributed by atoms with Crippen LogP contribution in [0.3, 0.4) is 0 Å². The molecule has 0 bridgehead atoms. The summed E-state index contributed by atoms with van der Waals surface area (Å²) in [5.41, 5.74) is 2.86. The van der Waals surface area contributed by atoms with Crippen molar-refractivity contribution in [1.82, 2.24) is 9.55 Å². The van der Waals surface area contributed by atoms with Gasteiger partial charge < -0.3 is 10.1 Å². The van der Waals surface area contributed by atoms with Gasteiger partial charge in [0.1, 0.15) is 11.0 Å². The molecule has 0 fully saturated rings. The summed E-state index contributed by atoms with van der Waals surface area (Å²) in [6.45, 7) is 0.346. The number of nitrogens with zero attached hydrogens (tertiary/aromatic N) is 2. The molecule has 5 aromatic rings. The van der Waals surface area contributed by atoms with Crippen molar-refractivity contribution in [2.75, 3.05) is 12.4 Å². The lowest BCUT2D eigenvalue weighted by molar-refractivity contribution is -0.115. The van der Waals surface area contributed by atoms with E-state index in [-0.39, 0.29) is 11.5 Å². The number of carbonyl (C=O) groups is 1. The zero-order valence-corrected chi connectivity index (χ0v) is 21.0. The average molecular weight is 508 g/mol. The molecule has 0 radical (unpaired) electrons. The lowest BCUT2D eigenvalue weighted by Crippen LogP contribution is -2.26. The Morgan fingerprint density at radius 3 is 2.38 bits per heavy atom. The Labute approximate surface area is 219 Å². The number of hydrogen-bond donors (Lipinski definition) is 1. The smallest absolute Gasteiger partial charge is 0.262 e. The number of carbonyl (C=O) groups excluding carboxylic acids is 1. The molecule has 1 heterocycles. The summed E-state index contributed by atoms with van der Waals surface area (Å²) in [7, 11) is 1.58. The SMILES string of the molecule is COc1cccc(NC(=O)[C@@H](Sc2nc3ccccc3c(=O)n2Cc2ccccc2)c2ccccc2)c1. The first kappa shape index (κ1) is 24.3. The number of fused-ring (bicyclic) bond motifs is 1. The van der Waals surface area contributed by atoms with Gasteiger partial charge in [-0.2, -0.15) is 0 Å². The van der Waals surface area contributed by atoms with Crippen molar-refractivity contribution in [3.05, 3.63) is 131 Å². The van der Waals surface area contributed by atoms with E-state index < -0.39 is 5.25 Å². The van der Waals surface area contributed by atoms with Crippen LogP contribution in [0.4, 0.5) is 5.69 Å². The summed E-state index contributed by atoms with van der Waals surface area (Å²) in [5, 5.41) is 3.37. The van der Waals surface area contributed by atoms with Crippen molar-refractivity contribution < 1.29 is 9.53 Å². The molecule has 37 heavy (non-hydrogen) atoms. The van der Waals surface area contributed by atoms with Crippen LogP contribution in [0.5, 0.6) is 5.75 Å². The maximum atomic E-state index is 13.6. The van der Waals surface area contributed by atoms with Crippen molar-refractivity contribution in [3.63, 3.8) is 0 Å². The summed E-state index contributed by atoms with van der Waals surface area (Å²) < 4.78 is 6.95. The molecule has 5 rings (SSSR count). The quantitative estimate of drug-likeness (QED) is 0.208. The number of benzene rings is 4. The lowest BCUT2D eigenvalue weighted by Gasteiger charge is -2.20. The number of methoxy groups -OCH3 is 1. The Morgan fingerprint density at radius 2 is 1.62 bits per heavy atom. The number of para-hydroxylation sites is 1. The second-order valence-corrected chi connectivity index (χ2v) is 9.49. The van der Waals surface area contributed by atoms with Gasteiger partial charge in [0.15, 0.2) is 5.16 Å². The van der Waals surface area contributed by atoms with Crippen LogP contribution < -0.4 is 15.6 Å². The van der Waals surface area contributed by atoms with Crippen LogP contribution in [0.1, 0.15) is 16.4 Å². The second kappa shape index (κ2) is 11.1. The molecule has 0 unspecified atom stereocenters. The standard InChI is InChI=1S/C30H25N3O3S/c1-36-24-16-10-15-23(19-24)31-28(34)27(22-13-6-3-7-14-22)37-30-32-26-18-9-8-17-25(26)29(35)33(30)20-21-11-4-2-5-12-21/h2-19,27H,20H2,1H3,(H,31,34)/t27-/m0/s1. The summed E-state index contributed by atoms with van der Waals surface area (Å²) >= 11 is 1.26. The number of aromatic nitrogens is 2. The van der Waals surface area contributed by atoms with E-state index in [9.17, 15) is 9.59 Å². The van der Waals surface area contributed by atoms with Gasteiger partial charge >= 0.3 is 0 Å². The van der Waals surface area contributed by atoms with E-state index in [0.29, 0.717) is 34.0 Å². The van der Waals surface area contributed by atoms with Crippen LogP contribution in [-0.4, -0.2) is 22.6 Å². The van der Waals surface area contributed by atoms with Crippen molar-refractivity contribution >= 4 is 34.3 Å². The van der Waals surface area contributed by atoms with Gasteiger partial charge in [-0.1, -0.05) is 90.6 Å². The molecular formula is C30H25N3O3S. The molecule has 1 amide bonds. The van der Waals surface area contributed by atoms with Gasteiger partial charge in [-0.25, -0.2) is 4.98 Å². The molecule has 0 aliphatic rings. The first-order chi connectivity index (χ1) is 18.1. The normalized spacial score (nSPS) is 11.7. The molecule has 1 N–H and O–H groups in total. The van der Waals surface area contributed by atoms with E-state index in [1.54, 1.807) is 23.8 Å². The van der Waals surface area contributed by atoms with Crippen LogP contribution in [0, 0.1) is 0 Å². The molecule has 4 aromatic carbocycles. The van der Waals surface area contributed by atoms with Gasteiger partial charge in [-0.3, -0.25) is 14.2 Å². The molecule has 0 aliphatic heterocycles. The Hall–Kier alpha value is -4.36. The number of nitrogens with one attached hydrogen (secondary N) is 1.